The van der Waals surface area contributed by atoms with Crippen molar-refractivity contribution in [3.63, 3.8) is 0 Å². The van der Waals surface area contributed by atoms with Crippen LogP contribution in [0.5, 0.6) is 11.5 Å². The largest absolute Gasteiger partial charge is 0.494 e. The number of nitrogens with zero attached hydrogens (tertiary/aromatic N) is 2. The Bertz CT molecular complexity index is 1140. The van der Waals surface area contributed by atoms with Crippen molar-refractivity contribution in [1.82, 2.24) is 4.98 Å². The molecule has 39 heavy (non-hydrogen) atoms. The molecule has 0 aliphatic heterocycles. The van der Waals surface area contributed by atoms with Gasteiger partial charge in [0.2, 0.25) is 0 Å². The lowest BCUT2D eigenvalue weighted by molar-refractivity contribution is 0.279. The van der Waals surface area contributed by atoms with E-state index in [0.29, 0.717) is 24.7 Å². The molecule has 7 heteroatoms. The highest BCUT2D eigenvalue weighted by atomic mass is 32.1. The molecule has 2 aromatic carbocycles. The third-order valence-corrected chi connectivity index (χ3v) is 8.65. The van der Waals surface area contributed by atoms with E-state index >= 15 is 0 Å². The van der Waals surface area contributed by atoms with Crippen LogP contribution in [0, 0.1) is 5.92 Å². The molecule has 6 nitrogen and oxygen atoms in total. The fourth-order valence-corrected chi connectivity index (χ4v) is 6.35. The zero-order valence-corrected chi connectivity index (χ0v) is 24.0. The van der Waals surface area contributed by atoms with Crippen molar-refractivity contribution in [2.75, 3.05) is 13.2 Å². The number of ether oxygens (including phenoxy) is 2. The van der Waals surface area contributed by atoms with Crippen molar-refractivity contribution >= 4 is 17.2 Å². The average molecular weight is 550 g/mol. The van der Waals surface area contributed by atoms with Crippen LogP contribution in [-0.4, -0.2) is 29.2 Å². The lowest BCUT2D eigenvalue weighted by Gasteiger charge is -2.16. The van der Waals surface area contributed by atoms with Gasteiger partial charge in [-0.1, -0.05) is 44.2 Å². The summed E-state index contributed by atoms with van der Waals surface area (Å²) in [7, 11) is 0. The molecule has 1 unspecified atom stereocenters. The molecule has 1 aliphatic rings. The standard InChI is InChI=1S/C32H43N3O3S/c1-2-8-27(12-11-24-9-4-5-10-24)32-34-30(23-39-32)25-13-17-28(18-14-25)37-21-6-3-7-22-38-29-19-15-26(16-20-29)31(33)35-36/h13-20,23-24,27,36H,2-12,21-22H2,1H3,(H2,33,35). The minimum atomic E-state index is 0.0916. The maximum absolute atomic E-state index is 8.73. The van der Waals surface area contributed by atoms with Gasteiger partial charge in [0.15, 0.2) is 5.84 Å². The van der Waals surface area contributed by atoms with E-state index < -0.39 is 0 Å². The van der Waals surface area contributed by atoms with Crippen molar-refractivity contribution < 1.29 is 14.7 Å². The van der Waals surface area contributed by atoms with Gasteiger partial charge < -0.3 is 20.4 Å². The lowest BCUT2D eigenvalue weighted by atomic mass is 9.92. The first kappa shape index (κ1) is 28.9. The summed E-state index contributed by atoms with van der Waals surface area (Å²) in [5.74, 6) is 3.32. The summed E-state index contributed by atoms with van der Waals surface area (Å²) in [6, 6.07) is 15.6. The van der Waals surface area contributed by atoms with Crippen LogP contribution in [0.3, 0.4) is 0 Å². The van der Waals surface area contributed by atoms with E-state index in [1.54, 1.807) is 12.1 Å². The van der Waals surface area contributed by atoms with Crippen LogP contribution in [0.4, 0.5) is 0 Å². The SMILES string of the molecule is CCCC(CCC1CCCC1)c1nc(-c2ccc(OCCCCCOc3ccc(/C(N)=N/O)cc3)cc2)cs1. The van der Waals surface area contributed by atoms with Crippen LogP contribution >= 0.6 is 11.3 Å². The number of hydrogen-bond acceptors (Lipinski definition) is 6. The molecule has 1 fully saturated rings. The zero-order valence-electron chi connectivity index (χ0n) is 23.2. The third-order valence-electron chi connectivity index (χ3n) is 7.64. The van der Waals surface area contributed by atoms with Crippen LogP contribution in [0.1, 0.15) is 94.0 Å². The topological polar surface area (TPSA) is 90.0 Å². The van der Waals surface area contributed by atoms with E-state index in [4.69, 9.17) is 25.4 Å². The van der Waals surface area contributed by atoms with Gasteiger partial charge in [-0.15, -0.1) is 11.3 Å². The highest BCUT2D eigenvalue weighted by Crippen LogP contribution is 2.36. The number of aromatic nitrogens is 1. The van der Waals surface area contributed by atoms with Crippen molar-refractivity contribution in [3.8, 4) is 22.8 Å². The Morgan fingerprint density at radius 3 is 2.23 bits per heavy atom. The van der Waals surface area contributed by atoms with Crippen molar-refractivity contribution in [1.29, 1.82) is 0 Å². The van der Waals surface area contributed by atoms with Crippen molar-refractivity contribution in [2.45, 2.75) is 83.5 Å². The summed E-state index contributed by atoms with van der Waals surface area (Å²) in [5.41, 5.74) is 8.49. The fourth-order valence-electron chi connectivity index (χ4n) is 5.35. The molecule has 3 N–H and O–H groups in total. The summed E-state index contributed by atoms with van der Waals surface area (Å²) in [6.07, 6.45) is 13.8. The number of amidine groups is 1. The molecule has 0 saturated heterocycles. The molecule has 210 valence electrons. The maximum atomic E-state index is 8.73. The second kappa shape index (κ2) is 15.5. The Balaban J connectivity index is 1.15. The van der Waals surface area contributed by atoms with Crippen LogP contribution in [-0.2, 0) is 0 Å². The number of benzene rings is 2. The molecule has 0 radical (unpaired) electrons. The minimum absolute atomic E-state index is 0.0916. The highest BCUT2D eigenvalue weighted by molar-refractivity contribution is 7.10. The Morgan fingerprint density at radius 2 is 1.62 bits per heavy atom. The second-order valence-electron chi connectivity index (χ2n) is 10.6. The van der Waals surface area contributed by atoms with Crippen LogP contribution in [0.25, 0.3) is 11.3 Å². The first-order valence-corrected chi connectivity index (χ1v) is 15.4. The molecule has 1 aliphatic carbocycles. The molecule has 0 bridgehead atoms. The molecule has 1 heterocycles. The van der Waals surface area contributed by atoms with Gasteiger partial charge in [0, 0.05) is 22.4 Å². The molecule has 1 aromatic heterocycles. The zero-order chi connectivity index (χ0) is 27.3. The van der Waals surface area contributed by atoms with Crippen molar-refractivity contribution in [3.05, 3.63) is 64.5 Å². The number of thiazole rings is 1. The third kappa shape index (κ3) is 8.99. The lowest BCUT2D eigenvalue weighted by Crippen LogP contribution is -2.12. The first-order chi connectivity index (χ1) is 19.2. The van der Waals surface area contributed by atoms with E-state index in [0.717, 1.165) is 47.9 Å². The Labute approximate surface area is 237 Å². The maximum Gasteiger partial charge on any atom is 0.170 e. The molecule has 1 saturated carbocycles. The molecule has 4 rings (SSSR count). The van der Waals surface area contributed by atoms with E-state index in [9.17, 15) is 0 Å². The van der Waals surface area contributed by atoms with E-state index in [2.05, 4.69) is 41.7 Å². The fraction of sp³-hybridized carbons (Fsp3) is 0.500. The van der Waals surface area contributed by atoms with Crippen molar-refractivity contribution in [2.24, 2.45) is 16.8 Å². The first-order valence-electron chi connectivity index (χ1n) is 14.6. The summed E-state index contributed by atoms with van der Waals surface area (Å²) in [5, 5.41) is 15.3. The highest BCUT2D eigenvalue weighted by Gasteiger charge is 2.20. The number of nitrogens with two attached hydrogens (primary N) is 1. The Morgan fingerprint density at radius 1 is 0.974 bits per heavy atom. The molecule has 0 amide bonds. The van der Waals surface area contributed by atoms with Gasteiger partial charge in [-0.2, -0.15) is 0 Å². The average Bonchev–Trinajstić information content (AvgIpc) is 3.68. The smallest absolute Gasteiger partial charge is 0.170 e. The second-order valence-corrected chi connectivity index (χ2v) is 11.5. The van der Waals surface area contributed by atoms with Gasteiger partial charge in [-0.05, 0) is 93.0 Å². The number of rotatable bonds is 16. The van der Waals surface area contributed by atoms with Gasteiger partial charge >= 0.3 is 0 Å². The molecule has 1 atom stereocenters. The minimum Gasteiger partial charge on any atom is -0.494 e. The van der Waals surface area contributed by atoms with Crippen LogP contribution in [0.2, 0.25) is 0 Å². The van der Waals surface area contributed by atoms with Gasteiger partial charge in [0.1, 0.15) is 11.5 Å². The summed E-state index contributed by atoms with van der Waals surface area (Å²) >= 11 is 1.83. The monoisotopic (exact) mass is 549 g/mol. The molecular weight excluding hydrogens is 506 g/mol. The van der Waals surface area contributed by atoms with Gasteiger partial charge in [-0.25, -0.2) is 4.98 Å². The molecule has 0 spiro atoms. The molecule has 3 aromatic rings. The quantitative estimate of drug-likeness (QED) is 0.0616. The predicted octanol–water partition coefficient (Wildman–Crippen LogP) is 8.39. The summed E-state index contributed by atoms with van der Waals surface area (Å²) in [4.78, 5) is 5.06. The molecular formula is C32H43N3O3S. The van der Waals surface area contributed by atoms with Gasteiger partial charge in [0.05, 0.1) is 23.9 Å². The number of hydrogen-bond donors (Lipinski definition) is 2. The Hall–Kier alpha value is -3.06. The summed E-state index contributed by atoms with van der Waals surface area (Å²) < 4.78 is 11.7. The van der Waals surface area contributed by atoms with Crippen LogP contribution < -0.4 is 15.2 Å². The Kier molecular flexibility index (Phi) is 11.5. The van der Waals surface area contributed by atoms with Crippen LogP contribution in [0.15, 0.2) is 59.1 Å². The van der Waals surface area contributed by atoms with E-state index in [-0.39, 0.29) is 5.84 Å². The van der Waals surface area contributed by atoms with E-state index in [1.807, 2.05) is 23.5 Å². The van der Waals surface area contributed by atoms with Gasteiger partial charge in [-0.3, -0.25) is 0 Å². The van der Waals surface area contributed by atoms with E-state index in [1.165, 1.54) is 56.4 Å². The normalized spacial score (nSPS) is 14.9. The number of oxime groups is 1. The predicted molar refractivity (Wildman–Crippen MR) is 160 cm³/mol. The van der Waals surface area contributed by atoms with Gasteiger partial charge in [0.25, 0.3) is 0 Å². The summed E-state index contributed by atoms with van der Waals surface area (Å²) in [6.45, 7) is 3.62. The number of unbranched alkanes of at least 4 members (excludes halogenated alkanes) is 2.